The molecule has 0 saturated heterocycles. The minimum atomic E-state index is -4.09. The number of hydrogen-bond donors (Lipinski definition) is 2. The summed E-state index contributed by atoms with van der Waals surface area (Å²) in [7, 11) is -4.09. The fraction of sp³-hybridized carbons (Fsp3) is 0.0952. The molecule has 0 radical (unpaired) electrons. The van der Waals surface area contributed by atoms with Crippen molar-refractivity contribution in [3.8, 4) is 0 Å². The highest BCUT2D eigenvalue weighted by Crippen LogP contribution is 2.20. The molecule has 8 heteroatoms. The van der Waals surface area contributed by atoms with Crippen LogP contribution in [0.15, 0.2) is 77.7 Å². The van der Waals surface area contributed by atoms with Gasteiger partial charge in [0.05, 0.1) is 16.6 Å². The average molecular weight is 416 g/mol. The quantitative estimate of drug-likeness (QED) is 0.631. The van der Waals surface area contributed by atoms with Gasteiger partial charge in [-0.05, 0) is 55.0 Å². The lowest BCUT2D eigenvalue weighted by atomic mass is 10.1. The maximum Gasteiger partial charge on any atom is 0.262 e. The molecule has 0 aliphatic carbocycles. The fourth-order valence-electron chi connectivity index (χ4n) is 2.67. The third kappa shape index (κ3) is 4.97. The van der Waals surface area contributed by atoms with Crippen LogP contribution in [-0.2, 0) is 10.0 Å². The van der Waals surface area contributed by atoms with Crippen molar-refractivity contribution < 1.29 is 22.0 Å². The Balaban J connectivity index is 1.78. The zero-order chi connectivity index (χ0) is 21.0. The summed E-state index contributed by atoms with van der Waals surface area (Å²) in [6.45, 7) is 1.73. The molecule has 0 heterocycles. The van der Waals surface area contributed by atoms with E-state index in [0.717, 1.165) is 6.07 Å². The Hall–Kier alpha value is -3.26. The average Bonchev–Trinajstić information content (AvgIpc) is 2.70. The minimum Gasteiger partial charge on any atom is -0.346 e. The molecule has 0 saturated carbocycles. The van der Waals surface area contributed by atoms with Crippen molar-refractivity contribution >= 4 is 21.6 Å². The molecule has 3 aromatic carbocycles. The highest BCUT2D eigenvalue weighted by molar-refractivity contribution is 7.92. The Labute approximate surface area is 167 Å². The van der Waals surface area contributed by atoms with Crippen LogP contribution < -0.4 is 10.0 Å². The molecule has 150 valence electrons. The SMILES string of the molecule is C[C@@H](NC(=O)c1cccc(S(=O)(=O)Nc2ccccc2F)c1)c1ccc(F)cc1. The molecule has 2 N–H and O–H groups in total. The second-order valence-corrected chi connectivity index (χ2v) is 8.04. The van der Waals surface area contributed by atoms with Gasteiger partial charge < -0.3 is 5.32 Å². The van der Waals surface area contributed by atoms with Crippen molar-refractivity contribution in [1.82, 2.24) is 5.32 Å². The zero-order valence-corrected chi connectivity index (χ0v) is 16.2. The van der Waals surface area contributed by atoms with E-state index in [9.17, 15) is 22.0 Å². The van der Waals surface area contributed by atoms with Gasteiger partial charge in [0.15, 0.2) is 0 Å². The Bertz CT molecular complexity index is 1130. The van der Waals surface area contributed by atoms with Gasteiger partial charge >= 0.3 is 0 Å². The first-order valence-electron chi connectivity index (χ1n) is 8.70. The second kappa shape index (κ2) is 8.40. The van der Waals surface area contributed by atoms with Crippen LogP contribution in [0.1, 0.15) is 28.9 Å². The topological polar surface area (TPSA) is 75.3 Å². The lowest BCUT2D eigenvalue weighted by Crippen LogP contribution is -2.27. The fourth-order valence-corrected chi connectivity index (χ4v) is 3.78. The first-order valence-corrected chi connectivity index (χ1v) is 10.2. The first-order chi connectivity index (χ1) is 13.8. The van der Waals surface area contributed by atoms with E-state index >= 15 is 0 Å². The van der Waals surface area contributed by atoms with Gasteiger partial charge in [-0.3, -0.25) is 9.52 Å². The van der Waals surface area contributed by atoms with Crippen LogP contribution in [0, 0.1) is 11.6 Å². The molecule has 1 amide bonds. The molecule has 3 aromatic rings. The van der Waals surface area contributed by atoms with Crippen LogP contribution in [0.2, 0.25) is 0 Å². The van der Waals surface area contributed by atoms with Gasteiger partial charge in [-0.1, -0.05) is 30.3 Å². The predicted molar refractivity (Wildman–Crippen MR) is 106 cm³/mol. The normalized spacial score (nSPS) is 12.2. The van der Waals surface area contributed by atoms with E-state index in [1.165, 1.54) is 54.6 Å². The summed E-state index contributed by atoms with van der Waals surface area (Å²) in [6, 6.07) is 16.1. The third-order valence-corrected chi connectivity index (χ3v) is 5.61. The van der Waals surface area contributed by atoms with Crippen molar-refractivity contribution in [1.29, 1.82) is 0 Å². The maximum atomic E-state index is 13.8. The molecular formula is C21H18F2N2O3S. The summed E-state index contributed by atoms with van der Waals surface area (Å²) in [4.78, 5) is 12.3. The Morgan fingerprint density at radius 1 is 0.931 bits per heavy atom. The molecule has 1 atom stereocenters. The van der Waals surface area contributed by atoms with Crippen molar-refractivity contribution in [2.24, 2.45) is 0 Å². The largest absolute Gasteiger partial charge is 0.346 e. The Kier molecular flexibility index (Phi) is 5.93. The number of para-hydroxylation sites is 1. The lowest BCUT2D eigenvalue weighted by Gasteiger charge is -2.15. The summed E-state index contributed by atoms with van der Waals surface area (Å²) in [5, 5.41) is 2.73. The number of hydrogen-bond acceptors (Lipinski definition) is 3. The van der Waals surface area contributed by atoms with Crippen LogP contribution in [0.4, 0.5) is 14.5 Å². The van der Waals surface area contributed by atoms with E-state index in [0.29, 0.717) is 5.56 Å². The highest BCUT2D eigenvalue weighted by atomic mass is 32.2. The predicted octanol–water partition coefficient (Wildman–Crippen LogP) is 4.26. The monoisotopic (exact) mass is 416 g/mol. The molecule has 0 aliphatic heterocycles. The number of carbonyl (C=O) groups excluding carboxylic acids is 1. The van der Waals surface area contributed by atoms with Gasteiger partial charge in [-0.15, -0.1) is 0 Å². The Morgan fingerprint density at radius 3 is 2.31 bits per heavy atom. The van der Waals surface area contributed by atoms with Gasteiger partial charge in [0.25, 0.3) is 15.9 Å². The van der Waals surface area contributed by atoms with Gasteiger partial charge in [0, 0.05) is 5.56 Å². The van der Waals surface area contributed by atoms with E-state index in [2.05, 4.69) is 10.0 Å². The minimum absolute atomic E-state index is 0.121. The summed E-state index contributed by atoms with van der Waals surface area (Å²) in [6.07, 6.45) is 0. The number of benzene rings is 3. The molecule has 5 nitrogen and oxygen atoms in total. The third-order valence-electron chi connectivity index (χ3n) is 4.24. The number of sulfonamides is 1. The molecule has 3 rings (SSSR count). The van der Waals surface area contributed by atoms with Gasteiger partial charge in [-0.2, -0.15) is 0 Å². The molecule has 0 unspecified atom stereocenters. The van der Waals surface area contributed by atoms with E-state index in [-0.39, 0.29) is 22.0 Å². The lowest BCUT2D eigenvalue weighted by molar-refractivity contribution is 0.0939. The van der Waals surface area contributed by atoms with Crippen molar-refractivity contribution in [3.05, 3.63) is 95.6 Å². The van der Waals surface area contributed by atoms with Crippen LogP contribution in [-0.4, -0.2) is 14.3 Å². The summed E-state index contributed by atoms with van der Waals surface area (Å²) < 4.78 is 54.1. The molecule has 0 fully saturated rings. The molecule has 0 spiro atoms. The smallest absolute Gasteiger partial charge is 0.262 e. The highest BCUT2D eigenvalue weighted by Gasteiger charge is 2.19. The standard InChI is InChI=1S/C21H18F2N2O3S/c1-14(15-9-11-17(22)12-10-15)24-21(26)16-5-4-6-18(13-16)29(27,28)25-20-8-3-2-7-19(20)23/h2-14,25H,1H3,(H,24,26)/t14-/m1/s1. The number of anilines is 1. The van der Waals surface area contributed by atoms with Crippen molar-refractivity contribution in [2.45, 2.75) is 17.9 Å². The van der Waals surface area contributed by atoms with Crippen LogP contribution >= 0.6 is 0 Å². The molecular weight excluding hydrogens is 398 g/mol. The van der Waals surface area contributed by atoms with Crippen LogP contribution in [0.5, 0.6) is 0 Å². The van der Waals surface area contributed by atoms with Crippen molar-refractivity contribution in [3.63, 3.8) is 0 Å². The number of nitrogens with one attached hydrogen (secondary N) is 2. The van der Waals surface area contributed by atoms with Gasteiger partial charge in [0.1, 0.15) is 11.6 Å². The maximum absolute atomic E-state index is 13.8. The molecule has 0 aromatic heterocycles. The van der Waals surface area contributed by atoms with E-state index in [1.807, 2.05) is 0 Å². The summed E-state index contributed by atoms with van der Waals surface area (Å²) in [5.41, 5.74) is 0.632. The van der Waals surface area contributed by atoms with E-state index < -0.39 is 27.8 Å². The zero-order valence-electron chi connectivity index (χ0n) is 15.4. The van der Waals surface area contributed by atoms with Crippen LogP contribution in [0.25, 0.3) is 0 Å². The van der Waals surface area contributed by atoms with Gasteiger partial charge in [-0.25, -0.2) is 17.2 Å². The molecule has 0 bridgehead atoms. The number of rotatable bonds is 6. The van der Waals surface area contributed by atoms with E-state index in [4.69, 9.17) is 0 Å². The first kappa shape index (κ1) is 20.5. The van der Waals surface area contributed by atoms with Crippen LogP contribution in [0.3, 0.4) is 0 Å². The van der Waals surface area contributed by atoms with Gasteiger partial charge in [0.2, 0.25) is 0 Å². The number of carbonyl (C=O) groups is 1. The Morgan fingerprint density at radius 2 is 1.62 bits per heavy atom. The van der Waals surface area contributed by atoms with Crippen molar-refractivity contribution in [2.75, 3.05) is 4.72 Å². The number of amides is 1. The number of halogens is 2. The summed E-state index contributed by atoms with van der Waals surface area (Å²) >= 11 is 0. The molecule has 29 heavy (non-hydrogen) atoms. The van der Waals surface area contributed by atoms with E-state index in [1.54, 1.807) is 19.1 Å². The summed E-state index contributed by atoms with van der Waals surface area (Å²) in [5.74, 6) is -1.59. The second-order valence-electron chi connectivity index (χ2n) is 6.36. The molecule has 0 aliphatic rings.